The maximum Gasteiger partial charge on any atom is 0.0751 e. The van der Waals surface area contributed by atoms with Crippen molar-refractivity contribution in [3.8, 4) is 0 Å². The van der Waals surface area contributed by atoms with E-state index in [1.54, 1.807) is 0 Å². The first-order valence-electron chi connectivity index (χ1n) is 7.23. The van der Waals surface area contributed by atoms with E-state index in [2.05, 4.69) is 95.1 Å². The summed E-state index contributed by atoms with van der Waals surface area (Å²) in [6, 6.07) is 0. The van der Waals surface area contributed by atoms with E-state index in [-0.39, 0.29) is 11.1 Å². The second-order valence-electron chi connectivity index (χ2n) is 5.21. The van der Waals surface area contributed by atoms with Gasteiger partial charge in [0.1, 0.15) is 0 Å². The van der Waals surface area contributed by atoms with E-state index in [0.29, 0.717) is 0 Å². The maximum atomic E-state index is 4.11. The fraction of sp³-hybridized carbons (Fsp3) is 0.529. The Morgan fingerprint density at radius 3 is 2.05 bits per heavy atom. The molecule has 0 spiro atoms. The predicted octanol–water partition coefficient (Wildman–Crippen LogP) is 6.29. The van der Waals surface area contributed by atoms with Crippen molar-refractivity contribution in [3.05, 3.63) is 47.0 Å². The van der Waals surface area contributed by atoms with E-state index in [4.69, 9.17) is 0 Å². The molecule has 1 nitrogen and oxygen atoms in total. The van der Waals surface area contributed by atoms with Crippen LogP contribution < -0.4 is 0 Å². The third kappa shape index (κ3) is 2.42. The van der Waals surface area contributed by atoms with E-state index < -0.39 is 0 Å². The van der Waals surface area contributed by atoms with Gasteiger partial charge in [0, 0.05) is 20.6 Å². The topological polar surface area (TPSA) is 3.24 Å². The average molecular weight is 403 g/mol. The van der Waals surface area contributed by atoms with Crippen molar-refractivity contribution in [2.75, 3.05) is 0 Å². The molecule has 1 atom stereocenters. The molecule has 0 N–H and O–H groups in total. The summed E-state index contributed by atoms with van der Waals surface area (Å²) in [6.07, 6.45) is 9.50. The van der Waals surface area contributed by atoms with Gasteiger partial charge in [-0.2, -0.15) is 0 Å². The number of hydrogen-bond acceptors (Lipinski definition) is 1. The molecule has 1 unspecified atom stereocenters. The Kier molecular flexibility index (Phi) is 6.06. The first-order chi connectivity index (χ1) is 9.39. The second kappa shape index (κ2) is 6.76. The highest BCUT2D eigenvalue weighted by atomic mass is 79.9. The maximum absolute atomic E-state index is 4.11. The monoisotopic (exact) mass is 401 g/mol. The van der Waals surface area contributed by atoms with Gasteiger partial charge in [-0.05, 0) is 43.4 Å². The van der Waals surface area contributed by atoms with Gasteiger partial charge >= 0.3 is 0 Å². The Bertz CT molecular complexity index is 458. The van der Waals surface area contributed by atoms with Gasteiger partial charge in [0.05, 0.1) is 11.1 Å². The Labute approximate surface area is 141 Å². The van der Waals surface area contributed by atoms with Gasteiger partial charge in [-0.3, -0.25) is 0 Å². The Morgan fingerprint density at radius 2 is 1.75 bits per heavy atom. The summed E-state index contributed by atoms with van der Waals surface area (Å²) in [7, 11) is 0. The first-order valence-corrected chi connectivity index (χ1v) is 8.73. The minimum atomic E-state index is -0.158. The van der Waals surface area contributed by atoms with Crippen molar-refractivity contribution in [2.24, 2.45) is 0 Å². The van der Waals surface area contributed by atoms with E-state index >= 15 is 0 Å². The molecule has 0 radical (unpaired) electrons. The molecule has 1 aliphatic heterocycles. The van der Waals surface area contributed by atoms with Gasteiger partial charge < -0.3 is 0 Å². The number of rotatable bonds is 5. The standard InChI is InChI=1S/C17H25Br2N/c1-7-14-15(12-13(6)18)17(10-4,11-5)20(19)16(14,8-2)9-3/h7-8,12H,2,6,9-11H2,1,3-5H3. The van der Waals surface area contributed by atoms with Crippen LogP contribution in [0.1, 0.15) is 47.0 Å². The minimum absolute atomic E-state index is 0.0250. The predicted molar refractivity (Wildman–Crippen MR) is 97.2 cm³/mol. The van der Waals surface area contributed by atoms with Gasteiger partial charge in [0.2, 0.25) is 0 Å². The first kappa shape index (κ1) is 17.9. The fourth-order valence-electron chi connectivity index (χ4n) is 3.42. The average Bonchev–Trinajstić information content (AvgIpc) is 2.64. The Morgan fingerprint density at radius 1 is 1.20 bits per heavy atom. The number of hydrogen-bond donors (Lipinski definition) is 0. The zero-order valence-electron chi connectivity index (χ0n) is 13.0. The van der Waals surface area contributed by atoms with Crippen LogP contribution in [0, 0.1) is 0 Å². The number of halogens is 2. The van der Waals surface area contributed by atoms with Crippen molar-refractivity contribution in [3.63, 3.8) is 0 Å². The Balaban J connectivity index is 3.70. The summed E-state index contributed by atoms with van der Waals surface area (Å²) >= 11 is 7.37. The molecule has 0 bridgehead atoms. The molecule has 0 aromatic rings. The van der Waals surface area contributed by atoms with Gasteiger partial charge in [-0.1, -0.05) is 55.4 Å². The second-order valence-corrected chi connectivity index (χ2v) is 6.94. The molecular formula is C17H25Br2N. The lowest BCUT2D eigenvalue weighted by molar-refractivity contribution is 0.204. The van der Waals surface area contributed by atoms with Crippen LogP contribution in [0.5, 0.6) is 0 Å². The van der Waals surface area contributed by atoms with Crippen LogP contribution in [0.4, 0.5) is 0 Å². The molecule has 1 heterocycles. The van der Waals surface area contributed by atoms with Gasteiger partial charge in [-0.15, -0.1) is 6.58 Å². The van der Waals surface area contributed by atoms with Gasteiger partial charge in [0.15, 0.2) is 0 Å². The normalized spacial score (nSPS) is 30.1. The summed E-state index contributed by atoms with van der Waals surface area (Å²) in [5.41, 5.74) is 2.49. The summed E-state index contributed by atoms with van der Waals surface area (Å²) in [4.78, 5) is 0. The molecule has 1 aliphatic rings. The highest BCUT2D eigenvalue weighted by molar-refractivity contribution is 9.11. The van der Waals surface area contributed by atoms with Crippen molar-refractivity contribution < 1.29 is 0 Å². The molecule has 3 heteroatoms. The van der Waals surface area contributed by atoms with Crippen LogP contribution in [0.2, 0.25) is 0 Å². The third-order valence-corrected chi connectivity index (χ3v) is 6.16. The molecule has 0 aliphatic carbocycles. The van der Waals surface area contributed by atoms with Crippen LogP contribution in [0.15, 0.2) is 47.0 Å². The molecule has 0 saturated carbocycles. The van der Waals surface area contributed by atoms with Crippen molar-refractivity contribution in [1.82, 2.24) is 3.93 Å². The van der Waals surface area contributed by atoms with Crippen molar-refractivity contribution >= 4 is 32.1 Å². The summed E-state index contributed by atoms with van der Waals surface area (Å²) in [6.45, 7) is 16.9. The largest absolute Gasteiger partial charge is 0.218 e. The van der Waals surface area contributed by atoms with E-state index in [9.17, 15) is 0 Å². The summed E-state index contributed by atoms with van der Waals surface area (Å²) < 4.78 is 3.24. The lowest BCUT2D eigenvalue weighted by atomic mass is 9.81. The molecule has 1 rings (SSSR count). The summed E-state index contributed by atoms with van der Waals surface area (Å²) in [5, 5.41) is 0. The van der Waals surface area contributed by atoms with Crippen molar-refractivity contribution in [2.45, 2.75) is 58.0 Å². The SMILES string of the molecule is C=CC1(CC)C(=CC)C(=CC(=C)Br)C(CC)(CC)N1Br. The molecule has 20 heavy (non-hydrogen) atoms. The lowest BCUT2D eigenvalue weighted by Crippen LogP contribution is -2.46. The number of allylic oxidation sites excluding steroid dienone is 3. The third-order valence-electron chi connectivity index (χ3n) is 4.62. The molecule has 0 amide bonds. The Hall–Kier alpha value is -0.120. The van der Waals surface area contributed by atoms with E-state index in [0.717, 1.165) is 23.7 Å². The number of nitrogens with zero attached hydrogens (tertiary/aromatic N) is 1. The van der Waals surface area contributed by atoms with E-state index in [1.165, 1.54) is 11.1 Å². The molecule has 1 saturated heterocycles. The van der Waals surface area contributed by atoms with E-state index in [1.807, 2.05) is 0 Å². The van der Waals surface area contributed by atoms with Crippen LogP contribution in [0.25, 0.3) is 0 Å². The van der Waals surface area contributed by atoms with Crippen molar-refractivity contribution in [1.29, 1.82) is 0 Å². The highest BCUT2D eigenvalue weighted by Gasteiger charge is 2.56. The smallest absolute Gasteiger partial charge is 0.0751 e. The molecule has 1 fully saturated rings. The van der Waals surface area contributed by atoms with Gasteiger partial charge in [0.25, 0.3) is 0 Å². The highest BCUT2D eigenvalue weighted by Crippen LogP contribution is 2.56. The van der Waals surface area contributed by atoms with Crippen LogP contribution in [-0.2, 0) is 0 Å². The zero-order valence-corrected chi connectivity index (χ0v) is 16.1. The molecular weight excluding hydrogens is 378 g/mol. The molecule has 0 aromatic carbocycles. The van der Waals surface area contributed by atoms with Crippen LogP contribution >= 0.6 is 32.1 Å². The lowest BCUT2D eigenvalue weighted by Gasteiger charge is -2.40. The fourth-order valence-corrected chi connectivity index (χ4v) is 4.93. The quantitative estimate of drug-likeness (QED) is 0.386. The summed E-state index contributed by atoms with van der Waals surface area (Å²) in [5.74, 6) is 0. The van der Waals surface area contributed by atoms with Crippen LogP contribution in [0.3, 0.4) is 0 Å². The molecule has 112 valence electrons. The van der Waals surface area contributed by atoms with Crippen LogP contribution in [-0.4, -0.2) is 15.0 Å². The minimum Gasteiger partial charge on any atom is -0.218 e. The molecule has 0 aromatic heterocycles. The zero-order chi connectivity index (χ0) is 15.6. The van der Waals surface area contributed by atoms with Gasteiger partial charge in [-0.25, -0.2) is 3.93 Å².